The smallest absolute Gasteiger partial charge is 0.225 e. The number of nitrogens with zero attached hydrogens (tertiary/aromatic N) is 2. The van der Waals surface area contributed by atoms with Crippen LogP contribution in [0.3, 0.4) is 0 Å². The molecule has 1 aliphatic heterocycles. The summed E-state index contributed by atoms with van der Waals surface area (Å²) in [5.41, 5.74) is 0.865. The lowest BCUT2D eigenvalue weighted by atomic mass is 9.96. The molecular formula is C23H38IN5O2. The van der Waals surface area contributed by atoms with Crippen LogP contribution in [0, 0.1) is 11.3 Å². The van der Waals surface area contributed by atoms with Crippen molar-refractivity contribution in [1.29, 1.82) is 0 Å². The van der Waals surface area contributed by atoms with Gasteiger partial charge in [0.1, 0.15) is 0 Å². The van der Waals surface area contributed by atoms with E-state index >= 15 is 0 Å². The Kier molecular flexibility index (Phi) is 11.9. The number of likely N-dealkylation sites (tertiary alicyclic amines) is 1. The van der Waals surface area contributed by atoms with Crippen molar-refractivity contribution in [1.82, 2.24) is 20.9 Å². The summed E-state index contributed by atoms with van der Waals surface area (Å²) in [4.78, 5) is 30.9. The largest absolute Gasteiger partial charge is 0.357 e. The molecule has 1 atom stereocenters. The Hall–Kier alpha value is -1.84. The highest BCUT2D eigenvalue weighted by atomic mass is 127. The van der Waals surface area contributed by atoms with Gasteiger partial charge in [-0.05, 0) is 18.9 Å². The van der Waals surface area contributed by atoms with Crippen LogP contribution in [0.4, 0.5) is 0 Å². The molecule has 1 aromatic rings. The predicted molar refractivity (Wildman–Crippen MR) is 137 cm³/mol. The average Bonchev–Trinajstić information content (AvgIpc) is 3.07. The van der Waals surface area contributed by atoms with Crippen LogP contribution in [0.5, 0.6) is 0 Å². The normalized spacial score (nSPS) is 16.6. The average molecular weight is 543 g/mol. The van der Waals surface area contributed by atoms with Gasteiger partial charge in [-0.15, -0.1) is 24.0 Å². The summed E-state index contributed by atoms with van der Waals surface area (Å²) >= 11 is 0. The molecule has 0 saturated carbocycles. The van der Waals surface area contributed by atoms with Gasteiger partial charge < -0.3 is 20.9 Å². The van der Waals surface area contributed by atoms with E-state index in [2.05, 4.69) is 33.1 Å². The predicted octanol–water partition coefficient (Wildman–Crippen LogP) is 2.41. The number of hydrogen-bond acceptors (Lipinski definition) is 3. The quantitative estimate of drug-likeness (QED) is 0.193. The van der Waals surface area contributed by atoms with Crippen LogP contribution in [0.1, 0.15) is 39.7 Å². The number of halogens is 1. The van der Waals surface area contributed by atoms with E-state index in [-0.39, 0.29) is 47.1 Å². The maximum absolute atomic E-state index is 12.3. The molecule has 0 aromatic heterocycles. The molecule has 1 fully saturated rings. The Morgan fingerprint density at radius 2 is 1.81 bits per heavy atom. The fourth-order valence-electron chi connectivity index (χ4n) is 3.29. The van der Waals surface area contributed by atoms with E-state index in [0.29, 0.717) is 26.1 Å². The molecule has 174 valence electrons. The van der Waals surface area contributed by atoms with Crippen molar-refractivity contribution in [3.05, 3.63) is 35.9 Å². The fourth-order valence-corrected chi connectivity index (χ4v) is 3.29. The summed E-state index contributed by atoms with van der Waals surface area (Å²) < 4.78 is 0. The van der Waals surface area contributed by atoms with Crippen molar-refractivity contribution in [2.75, 3.05) is 39.3 Å². The number of guanidine groups is 1. The maximum Gasteiger partial charge on any atom is 0.225 e. The number of nitrogens with one attached hydrogen (secondary N) is 3. The molecule has 1 unspecified atom stereocenters. The zero-order valence-corrected chi connectivity index (χ0v) is 21.6. The topological polar surface area (TPSA) is 85.8 Å². The molecule has 3 N–H and O–H groups in total. The lowest BCUT2D eigenvalue weighted by Gasteiger charge is -2.18. The standard InChI is InChI=1S/C23H37N5O2.HI/c1-5-24-22(26-13-12-25-21(30)23(2,3)4)27-16-19-15-20(29)28(17-19)14-11-18-9-7-6-8-10-18;/h6-10,19H,5,11-17H2,1-4H3,(H,25,30)(H2,24,26,27);1H. The van der Waals surface area contributed by atoms with Gasteiger partial charge in [0.15, 0.2) is 5.96 Å². The summed E-state index contributed by atoms with van der Waals surface area (Å²) in [7, 11) is 0. The van der Waals surface area contributed by atoms with Crippen LogP contribution in [-0.4, -0.2) is 61.9 Å². The van der Waals surface area contributed by atoms with Gasteiger partial charge in [-0.3, -0.25) is 14.6 Å². The van der Waals surface area contributed by atoms with Crippen molar-refractivity contribution < 1.29 is 9.59 Å². The van der Waals surface area contributed by atoms with Crippen molar-refractivity contribution in [2.45, 2.75) is 40.5 Å². The Balaban J connectivity index is 0.00000480. The second kappa shape index (κ2) is 13.5. The molecule has 1 saturated heterocycles. The first-order chi connectivity index (χ1) is 14.3. The number of carbonyl (C=O) groups excluding carboxylic acids is 2. The molecule has 8 heteroatoms. The zero-order chi connectivity index (χ0) is 22.0. The Labute approximate surface area is 203 Å². The van der Waals surface area contributed by atoms with E-state index in [1.165, 1.54) is 5.56 Å². The van der Waals surface area contributed by atoms with Crippen LogP contribution >= 0.6 is 24.0 Å². The highest BCUT2D eigenvalue weighted by molar-refractivity contribution is 14.0. The summed E-state index contributed by atoms with van der Waals surface area (Å²) in [5.74, 6) is 1.21. The molecule has 1 heterocycles. The lowest BCUT2D eigenvalue weighted by molar-refractivity contribution is -0.128. The highest BCUT2D eigenvalue weighted by Crippen LogP contribution is 2.18. The van der Waals surface area contributed by atoms with Gasteiger partial charge in [0.05, 0.1) is 0 Å². The Morgan fingerprint density at radius 3 is 2.45 bits per heavy atom. The lowest BCUT2D eigenvalue weighted by Crippen LogP contribution is -2.43. The molecule has 2 amide bonds. The van der Waals surface area contributed by atoms with E-state index in [1.807, 2.05) is 50.8 Å². The van der Waals surface area contributed by atoms with E-state index in [9.17, 15) is 9.59 Å². The molecule has 0 aliphatic carbocycles. The number of amides is 2. The van der Waals surface area contributed by atoms with Crippen LogP contribution in [0.2, 0.25) is 0 Å². The van der Waals surface area contributed by atoms with Gasteiger partial charge in [-0.1, -0.05) is 51.1 Å². The third-order valence-electron chi connectivity index (χ3n) is 5.04. The first kappa shape index (κ1) is 27.2. The molecular weight excluding hydrogens is 505 g/mol. The Bertz CT molecular complexity index is 718. The second-order valence-electron chi connectivity index (χ2n) is 8.80. The SMILES string of the molecule is CCNC(=NCC1CC(=O)N(CCc2ccccc2)C1)NCCNC(=O)C(C)(C)C.I. The monoisotopic (exact) mass is 543 g/mol. The van der Waals surface area contributed by atoms with Gasteiger partial charge in [0.2, 0.25) is 11.8 Å². The summed E-state index contributed by atoms with van der Waals surface area (Å²) in [6.07, 6.45) is 1.44. The number of hydrogen-bond donors (Lipinski definition) is 3. The minimum absolute atomic E-state index is 0. The summed E-state index contributed by atoms with van der Waals surface area (Å²) in [6.45, 7) is 11.7. The third kappa shape index (κ3) is 9.88. The number of carbonyl (C=O) groups is 2. The fraction of sp³-hybridized carbons (Fsp3) is 0.609. The minimum Gasteiger partial charge on any atom is -0.357 e. The maximum atomic E-state index is 12.3. The zero-order valence-electron chi connectivity index (χ0n) is 19.2. The van der Waals surface area contributed by atoms with Gasteiger partial charge in [0.25, 0.3) is 0 Å². The van der Waals surface area contributed by atoms with E-state index in [0.717, 1.165) is 32.0 Å². The first-order valence-corrected chi connectivity index (χ1v) is 10.9. The first-order valence-electron chi connectivity index (χ1n) is 10.9. The molecule has 0 radical (unpaired) electrons. The minimum atomic E-state index is -0.389. The van der Waals surface area contributed by atoms with Crippen molar-refractivity contribution >= 4 is 41.8 Å². The molecule has 0 bridgehead atoms. The second-order valence-corrected chi connectivity index (χ2v) is 8.80. The highest BCUT2D eigenvalue weighted by Gasteiger charge is 2.29. The van der Waals surface area contributed by atoms with Crippen LogP contribution in [0.15, 0.2) is 35.3 Å². The Morgan fingerprint density at radius 1 is 1.13 bits per heavy atom. The number of benzene rings is 1. The van der Waals surface area contributed by atoms with Crippen molar-refractivity contribution in [3.8, 4) is 0 Å². The molecule has 0 spiro atoms. The van der Waals surface area contributed by atoms with Gasteiger partial charge in [0, 0.05) is 57.0 Å². The third-order valence-corrected chi connectivity index (χ3v) is 5.04. The van der Waals surface area contributed by atoms with Gasteiger partial charge >= 0.3 is 0 Å². The van der Waals surface area contributed by atoms with Crippen LogP contribution < -0.4 is 16.0 Å². The summed E-state index contributed by atoms with van der Waals surface area (Å²) in [5, 5.41) is 9.39. The van der Waals surface area contributed by atoms with Crippen molar-refractivity contribution in [2.24, 2.45) is 16.3 Å². The molecule has 1 aromatic carbocycles. The number of rotatable bonds is 9. The molecule has 2 rings (SSSR count). The van der Waals surface area contributed by atoms with Crippen LogP contribution in [0.25, 0.3) is 0 Å². The number of aliphatic imine (C=N–C) groups is 1. The van der Waals surface area contributed by atoms with E-state index < -0.39 is 0 Å². The molecule has 31 heavy (non-hydrogen) atoms. The summed E-state index contributed by atoms with van der Waals surface area (Å²) in [6, 6.07) is 10.3. The van der Waals surface area contributed by atoms with E-state index in [4.69, 9.17) is 0 Å². The van der Waals surface area contributed by atoms with Crippen molar-refractivity contribution in [3.63, 3.8) is 0 Å². The van der Waals surface area contributed by atoms with E-state index in [1.54, 1.807) is 0 Å². The molecule has 7 nitrogen and oxygen atoms in total. The van der Waals surface area contributed by atoms with Crippen LogP contribution in [-0.2, 0) is 16.0 Å². The van der Waals surface area contributed by atoms with Gasteiger partial charge in [-0.25, -0.2) is 0 Å². The van der Waals surface area contributed by atoms with Gasteiger partial charge in [-0.2, -0.15) is 0 Å². The molecule has 1 aliphatic rings.